The van der Waals surface area contributed by atoms with Gasteiger partial charge in [0.15, 0.2) is 5.75 Å². The van der Waals surface area contributed by atoms with Gasteiger partial charge in [0, 0.05) is 10.9 Å². The van der Waals surface area contributed by atoms with Crippen molar-refractivity contribution in [2.24, 2.45) is 10.2 Å². The number of hydrogen-bond donors (Lipinski definition) is 6. The second kappa shape index (κ2) is 10.3. The van der Waals surface area contributed by atoms with Gasteiger partial charge in [0.1, 0.15) is 16.6 Å². The fraction of sp³-hybridized carbons (Fsp3) is 0. The Balaban J connectivity index is 1.72. The quantitative estimate of drug-likeness (QED) is 0.0899. The van der Waals surface area contributed by atoms with Crippen molar-refractivity contribution in [2.75, 3.05) is 5.32 Å². The van der Waals surface area contributed by atoms with E-state index in [4.69, 9.17) is 0 Å². The summed E-state index contributed by atoms with van der Waals surface area (Å²) in [5.41, 5.74) is -0.208. The van der Waals surface area contributed by atoms with Crippen LogP contribution in [0.2, 0.25) is 0 Å². The molecule has 40 heavy (non-hydrogen) atoms. The van der Waals surface area contributed by atoms with E-state index in [1.165, 1.54) is 12.1 Å². The van der Waals surface area contributed by atoms with Crippen LogP contribution in [0.3, 0.4) is 0 Å². The number of carbonyl (C=O) groups excluding carboxylic acids is 1. The number of anilines is 1. The van der Waals surface area contributed by atoms with Crippen LogP contribution in [0.15, 0.2) is 111 Å². The fourth-order valence-electron chi connectivity index (χ4n) is 4.14. The number of phenolic OH excluding ortho intramolecular Hbond substituents is 1. The summed E-state index contributed by atoms with van der Waals surface area (Å²) >= 11 is 0. The minimum Gasteiger partial charge on any atom is -0.505 e. The first-order valence-electron chi connectivity index (χ1n) is 11.5. The molecule has 5 rings (SSSR count). The standard InChI is InChI=1S/C27H21N3O8S2/c31-26-24-19(13-21(39(33,34)35)15-22(24)28-27(32)17-7-2-1-3-8-17)14-23(40(36,37)38)25(26)30-29-20-11-10-16-6-4-5-9-18(16)12-20/h1-15,31,36-38H,(H,28,32)(H,33,34,35). The first-order chi connectivity index (χ1) is 18.9. The van der Waals surface area contributed by atoms with Gasteiger partial charge in [-0.05, 0) is 58.6 Å². The molecule has 0 radical (unpaired) electrons. The van der Waals surface area contributed by atoms with E-state index in [2.05, 4.69) is 15.5 Å². The van der Waals surface area contributed by atoms with Gasteiger partial charge in [-0.15, -0.1) is 5.11 Å². The average Bonchev–Trinajstić information content (AvgIpc) is 2.91. The number of fused-ring (bicyclic) bond motifs is 2. The number of azo groups is 1. The molecule has 0 heterocycles. The highest BCUT2D eigenvalue weighted by atomic mass is 32.3. The van der Waals surface area contributed by atoms with E-state index in [1.807, 2.05) is 24.3 Å². The molecule has 0 unspecified atom stereocenters. The lowest BCUT2D eigenvalue weighted by atomic mass is 10.1. The number of nitrogens with zero attached hydrogens (tertiary/aromatic N) is 2. The van der Waals surface area contributed by atoms with Crippen LogP contribution < -0.4 is 5.32 Å². The van der Waals surface area contributed by atoms with Gasteiger partial charge < -0.3 is 24.1 Å². The maximum atomic E-state index is 12.9. The minimum atomic E-state index is -4.81. The van der Waals surface area contributed by atoms with Crippen molar-refractivity contribution in [2.45, 2.75) is 9.79 Å². The Bertz CT molecular complexity index is 1920. The second-order valence-electron chi connectivity index (χ2n) is 8.69. The summed E-state index contributed by atoms with van der Waals surface area (Å²) in [6, 6.07) is 23.4. The SMILES string of the molecule is O=C(Nc1cc(S(=O)(=O)O)cc2cc(S(O)(O)O)c(N=Nc3ccc4ccccc4c3)c(O)c12)c1ccccc1. The molecule has 0 atom stereocenters. The van der Waals surface area contributed by atoms with E-state index in [0.717, 1.165) is 29.0 Å². The summed E-state index contributed by atoms with van der Waals surface area (Å²) in [5.74, 6) is -1.40. The molecule has 11 nitrogen and oxygen atoms in total. The molecule has 6 N–H and O–H groups in total. The average molecular weight is 580 g/mol. The Hall–Kier alpha value is -4.37. The molecule has 5 aromatic carbocycles. The van der Waals surface area contributed by atoms with Gasteiger partial charge in [0.2, 0.25) is 0 Å². The van der Waals surface area contributed by atoms with Crippen molar-refractivity contribution in [1.82, 2.24) is 0 Å². The zero-order valence-electron chi connectivity index (χ0n) is 20.3. The predicted molar refractivity (Wildman–Crippen MR) is 152 cm³/mol. The molecule has 0 saturated heterocycles. The van der Waals surface area contributed by atoms with Crippen molar-refractivity contribution >= 4 is 65.5 Å². The Morgan fingerprint density at radius 2 is 1.40 bits per heavy atom. The Kier molecular flexibility index (Phi) is 7.01. The fourth-order valence-corrected chi connectivity index (χ4v) is 5.37. The van der Waals surface area contributed by atoms with Crippen molar-refractivity contribution < 1.29 is 36.5 Å². The third kappa shape index (κ3) is 5.51. The van der Waals surface area contributed by atoms with Gasteiger partial charge in [-0.2, -0.15) is 13.5 Å². The van der Waals surface area contributed by atoms with Crippen LogP contribution in [0.1, 0.15) is 10.4 Å². The molecule has 0 fully saturated rings. The monoisotopic (exact) mass is 579 g/mol. The molecular formula is C27H21N3O8S2. The van der Waals surface area contributed by atoms with Crippen LogP contribution >= 0.6 is 10.9 Å². The first-order valence-corrected chi connectivity index (χ1v) is 14.4. The Morgan fingerprint density at radius 1 is 0.725 bits per heavy atom. The summed E-state index contributed by atoms with van der Waals surface area (Å²) < 4.78 is 64.0. The molecular weight excluding hydrogens is 558 g/mol. The Morgan fingerprint density at radius 3 is 2.08 bits per heavy atom. The zero-order chi connectivity index (χ0) is 28.7. The van der Waals surface area contributed by atoms with E-state index < -0.39 is 48.1 Å². The van der Waals surface area contributed by atoms with Crippen LogP contribution in [-0.2, 0) is 10.1 Å². The molecule has 5 aromatic rings. The molecule has 0 aliphatic carbocycles. The van der Waals surface area contributed by atoms with Gasteiger partial charge >= 0.3 is 0 Å². The summed E-state index contributed by atoms with van der Waals surface area (Å²) in [4.78, 5) is 11.6. The molecule has 0 bridgehead atoms. The van der Waals surface area contributed by atoms with Gasteiger partial charge in [0.05, 0.1) is 21.2 Å². The minimum absolute atomic E-state index is 0.156. The lowest BCUT2D eigenvalue weighted by molar-refractivity contribution is 0.102. The lowest BCUT2D eigenvalue weighted by Gasteiger charge is -2.23. The highest BCUT2D eigenvalue weighted by Gasteiger charge is 2.28. The molecule has 0 aromatic heterocycles. The van der Waals surface area contributed by atoms with Crippen LogP contribution in [-0.4, -0.2) is 37.6 Å². The van der Waals surface area contributed by atoms with Crippen LogP contribution in [0.4, 0.5) is 17.1 Å². The summed E-state index contributed by atoms with van der Waals surface area (Å²) in [6.45, 7) is 0. The number of aromatic hydroxyl groups is 1. The van der Waals surface area contributed by atoms with Crippen molar-refractivity contribution in [3.63, 3.8) is 0 Å². The van der Waals surface area contributed by atoms with Gasteiger partial charge in [0.25, 0.3) is 16.0 Å². The number of benzene rings is 5. The van der Waals surface area contributed by atoms with Crippen molar-refractivity contribution in [3.05, 3.63) is 96.6 Å². The van der Waals surface area contributed by atoms with E-state index in [-0.39, 0.29) is 22.0 Å². The number of phenols is 1. The molecule has 204 valence electrons. The zero-order valence-corrected chi connectivity index (χ0v) is 22.0. The number of amides is 1. The van der Waals surface area contributed by atoms with Crippen LogP contribution in [0.25, 0.3) is 21.5 Å². The van der Waals surface area contributed by atoms with Gasteiger partial charge in [-0.25, -0.2) is 0 Å². The van der Waals surface area contributed by atoms with E-state index in [0.29, 0.717) is 5.69 Å². The number of rotatable bonds is 6. The third-order valence-electron chi connectivity index (χ3n) is 6.00. The summed E-state index contributed by atoms with van der Waals surface area (Å²) in [5, 5.41) is 23.3. The highest BCUT2D eigenvalue weighted by Crippen LogP contribution is 2.55. The van der Waals surface area contributed by atoms with Crippen molar-refractivity contribution in [1.29, 1.82) is 0 Å². The third-order valence-corrected chi connectivity index (χ3v) is 7.73. The van der Waals surface area contributed by atoms with Gasteiger partial charge in [-0.3, -0.25) is 9.35 Å². The molecule has 0 saturated carbocycles. The van der Waals surface area contributed by atoms with E-state index in [9.17, 15) is 36.5 Å². The lowest BCUT2D eigenvalue weighted by Crippen LogP contribution is -2.13. The maximum Gasteiger partial charge on any atom is 0.294 e. The van der Waals surface area contributed by atoms with Crippen LogP contribution in [0, 0.1) is 0 Å². The molecule has 13 heteroatoms. The molecule has 0 aliphatic heterocycles. The Labute approximate surface area is 229 Å². The molecule has 0 aliphatic rings. The normalized spacial score (nSPS) is 12.7. The first kappa shape index (κ1) is 27.2. The van der Waals surface area contributed by atoms with E-state index in [1.54, 1.807) is 36.4 Å². The number of hydrogen-bond acceptors (Lipinski definition) is 9. The van der Waals surface area contributed by atoms with E-state index >= 15 is 0 Å². The van der Waals surface area contributed by atoms with Crippen molar-refractivity contribution in [3.8, 4) is 5.75 Å². The number of nitrogens with one attached hydrogen (secondary N) is 1. The maximum absolute atomic E-state index is 12.9. The summed E-state index contributed by atoms with van der Waals surface area (Å²) in [6.07, 6.45) is 0. The second-order valence-corrected chi connectivity index (χ2v) is 11.6. The smallest absolute Gasteiger partial charge is 0.294 e. The topological polar surface area (TPSA) is 189 Å². The van der Waals surface area contributed by atoms with Gasteiger partial charge in [-0.1, -0.05) is 48.5 Å². The highest BCUT2D eigenvalue weighted by molar-refractivity contribution is 8.19. The number of carbonyl (C=O) groups is 1. The summed E-state index contributed by atoms with van der Waals surface area (Å²) in [7, 11) is -9.34. The molecule has 1 amide bonds. The van der Waals surface area contributed by atoms with Crippen LogP contribution in [0.5, 0.6) is 5.75 Å². The largest absolute Gasteiger partial charge is 0.505 e. The molecule has 0 spiro atoms. The predicted octanol–water partition coefficient (Wildman–Crippen LogP) is 7.20.